The van der Waals surface area contributed by atoms with Crippen LogP contribution in [0.2, 0.25) is 0 Å². The maximum Gasteiger partial charge on any atom is 0.540 e. The van der Waals surface area contributed by atoms with Gasteiger partial charge in [-0.15, -0.1) is 0 Å². The van der Waals surface area contributed by atoms with E-state index in [1.54, 1.807) is 0 Å². The molecule has 0 bridgehead atoms. The third-order valence-corrected chi connectivity index (χ3v) is 2.14. The van der Waals surface area contributed by atoms with E-state index in [0.29, 0.717) is 6.42 Å². The first-order valence-electron chi connectivity index (χ1n) is 4.40. The van der Waals surface area contributed by atoms with Crippen LogP contribution in [0.5, 0.6) is 0 Å². The normalized spacial score (nSPS) is 26.9. The molecule has 0 aliphatic heterocycles. The summed E-state index contributed by atoms with van der Waals surface area (Å²) >= 11 is 0. The van der Waals surface area contributed by atoms with Crippen molar-refractivity contribution in [2.24, 2.45) is 5.92 Å². The fourth-order valence-electron chi connectivity index (χ4n) is 1.50. The van der Waals surface area contributed by atoms with Gasteiger partial charge >= 0.3 is 6.16 Å². The van der Waals surface area contributed by atoms with Crippen molar-refractivity contribution in [1.82, 2.24) is 0 Å². The second kappa shape index (κ2) is 5.56. The number of hydrogen-bond acceptors (Lipinski definition) is 5. The quantitative estimate of drug-likeness (QED) is 0.422. The van der Waals surface area contributed by atoms with E-state index in [1.165, 1.54) is 0 Å². The summed E-state index contributed by atoms with van der Waals surface area (Å²) in [7, 11) is 0. The summed E-state index contributed by atoms with van der Waals surface area (Å²) in [5, 5.41) is 12.1. The molecule has 1 aliphatic carbocycles. The Morgan fingerprint density at radius 2 is 2.21 bits per heavy atom. The molecule has 1 aliphatic rings. The number of hydrogen-bond donors (Lipinski definition) is 1. The molecule has 2 atom stereocenters. The summed E-state index contributed by atoms with van der Waals surface area (Å²) in [5.41, 5.74) is 0. The summed E-state index contributed by atoms with van der Waals surface area (Å²) in [4.78, 5) is 28.7. The van der Waals surface area contributed by atoms with Gasteiger partial charge in [-0.3, -0.25) is 0 Å². The Labute approximate surface area is 80.6 Å². The minimum Gasteiger partial charge on any atom is -0.448 e. The average Bonchev–Trinajstić information content (AvgIpc) is 2.18. The van der Waals surface area contributed by atoms with Gasteiger partial charge in [-0.25, -0.2) is 9.68 Å². The van der Waals surface area contributed by atoms with Crippen LogP contribution in [-0.4, -0.2) is 23.7 Å². The van der Waals surface area contributed by atoms with Crippen molar-refractivity contribution in [1.29, 1.82) is 0 Å². The third kappa shape index (κ3) is 3.71. The second-order valence-corrected chi connectivity index (χ2v) is 3.20. The van der Waals surface area contributed by atoms with Gasteiger partial charge in [0.2, 0.25) is 0 Å². The molecule has 0 aromatic heterocycles. The fourth-order valence-corrected chi connectivity index (χ4v) is 1.50. The van der Waals surface area contributed by atoms with Crippen LogP contribution >= 0.6 is 0 Å². The molecule has 80 valence electrons. The SMILES string of the molecule is O=CC1CCCC(OOOC(=O)O)C1. The largest absolute Gasteiger partial charge is 0.540 e. The first-order valence-corrected chi connectivity index (χ1v) is 4.40. The van der Waals surface area contributed by atoms with Crippen LogP contribution < -0.4 is 0 Å². The lowest BCUT2D eigenvalue weighted by atomic mass is 9.88. The van der Waals surface area contributed by atoms with E-state index in [-0.39, 0.29) is 12.0 Å². The smallest absolute Gasteiger partial charge is 0.448 e. The summed E-state index contributed by atoms with van der Waals surface area (Å²) in [6, 6.07) is 0. The van der Waals surface area contributed by atoms with E-state index in [9.17, 15) is 9.59 Å². The Morgan fingerprint density at radius 3 is 2.86 bits per heavy atom. The fraction of sp³-hybridized carbons (Fsp3) is 0.750. The predicted octanol–water partition coefficient (Wildman–Crippen LogP) is 1.30. The van der Waals surface area contributed by atoms with Crippen molar-refractivity contribution in [3.8, 4) is 0 Å². The molecule has 1 fully saturated rings. The molecule has 0 saturated heterocycles. The van der Waals surface area contributed by atoms with Crippen molar-refractivity contribution in [2.45, 2.75) is 31.8 Å². The van der Waals surface area contributed by atoms with E-state index in [2.05, 4.69) is 14.8 Å². The molecule has 0 heterocycles. The summed E-state index contributed by atoms with van der Waals surface area (Å²) < 4.78 is 0. The van der Waals surface area contributed by atoms with Gasteiger partial charge < -0.3 is 9.90 Å². The summed E-state index contributed by atoms with van der Waals surface area (Å²) in [6.45, 7) is 0. The molecule has 0 amide bonds. The van der Waals surface area contributed by atoms with Crippen molar-refractivity contribution < 1.29 is 29.5 Å². The number of aldehydes is 1. The number of rotatable bonds is 4. The van der Waals surface area contributed by atoms with E-state index < -0.39 is 6.16 Å². The Morgan fingerprint density at radius 1 is 1.43 bits per heavy atom. The van der Waals surface area contributed by atoms with Crippen molar-refractivity contribution in [2.75, 3.05) is 0 Å². The number of carboxylic acid groups (broad SMARTS) is 1. The van der Waals surface area contributed by atoms with Gasteiger partial charge in [-0.05, 0) is 24.3 Å². The molecule has 0 aromatic carbocycles. The molecule has 1 rings (SSSR count). The molecule has 1 saturated carbocycles. The maximum absolute atomic E-state index is 10.5. The second-order valence-electron chi connectivity index (χ2n) is 3.20. The molecular formula is C8H12O6. The van der Waals surface area contributed by atoms with E-state index >= 15 is 0 Å². The van der Waals surface area contributed by atoms with Gasteiger partial charge in [-0.1, -0.05) is 6.42 Å². The lowest BCUT2D eigenvalue weighted by Gasteiger charge is -2.23. The van der Waals surface area contributed by atoms with Crippen LogP contribution in [0.25, 0.3) is 0 Å². The molecule has 1 N–H and O–H groups in total. The van der Waals surface area contributed by atoms with Gasteiger partial charge in [0.1, 0.15) is 6.29 Å². The van der Waals surface area contributed by atoms with Crippen LogP contribution in [0.15, 0.2) is 0 Å². The van der Waals surface area contributed by atoms with Gasteiger partial charge in [0.05, 0.1) is 6.10 Å². The zero-order valence-corrected chi connectivity index (χ0v) is 7.55. The molecule has 6 nitrogen and oxygen atoms in total. The van der Waals surface area contributed by atoms with Crippen molar-refractivity contribution in [3.63, 3.8) is 0 Å². The average molecular weight is 204 g/mol. The van der Waals surface area contributed by atoms with E-state index in [0.717, 1.165) is 25.5 Å². The van der Waals surface area contributed by atoms with Crippen LogP contribution in [-0.2, 0) is 19.6 Å². The lowest BCUT2D eigenvalue weighted by Crippen LogP contribution is -2.24. The summed E-state index contributed by atoms with van der Waals surface area (Å²) in [6.07, 6.45) is 2.06. The highest BCUT2D eigenvalue weighted by molar-refractivity contribution is 5.55. The van der Waals surface area contributed by atoms with Crippen LogP contribution in [0.4, 0.5) is 4.79 Å². The Hall–Kier alpha value is -1.14. The van der Waals surface area contributed by atoms with Gasteiger partial charge in [0, 0.05) is 5.92 Å². The minimum atomic E-state index is -1.56. The zero-order chi connectivity index (χ0) is 10.4. The van der Waals surface area contributed by atoms with Crippen molar-refractivity contribution >= 4 is 12.4 Å². The number of carbonyl (C=O) groups is 2. The topological polar surface area (TPSA) is 82.1 Å². The molecule has 2 unspecified atom stereocenters. The molecule has 0 radical (unpaired) electrons. The predicted molar refractivity (Wildman–Crippen MR) is 43.1 cm³/mol. The van der Waals surface area contributed by atoms with Gasteiger partial charge in [0.15, 0.2) is 0 Å². The molecular weight excluding hydrogens is 192 g/mol. The standard InChI is InChI=1S/C8H12O6/c9-5-6-2-1-3-7(4-6)12-14-13-8(10)11/h5-7H,1-4H2,(H,10,11). The summed E-state index contributed by atoms with van der Waals surface area (Å²) in [5.74, 6) is -0.0258. The highest BCUT2D eigenvalue weighted by Gasteiger charge is 2.23. The Kier molecular flexibility index (Phi) is 4.34. The molecule has 14 heavy (non-hydrogen) atoms. The maximum atomic E-state index is 10.5. The zero-order valence-electron chi connectivity index (χ0n) is 7.55. The highest BCUT2D eigenvalue weighted by atomic mass is 17.5. The minimum absolute atomic E-state index is 0.0258. The Balaban J connectivity index is 2.17. The van der Waals surface area contributed by atoms with Gasteiger partial charge in [-0.2, -0.15) is 4.89 Å². The third-order valence-electron chi connectivity index (χ3n) is 2.14. The number of carbonyl (C=O) groups excluding carboxylic acids is 1. The van der Waals surface area contributed by atoms with E-state index in [1.807, 2.05) is 0 Å². The Bertz CT molecular complexity index is 204. The highest BCUT2D eigenvalue weighted by Crippen LogP contribution is 2.24. The molecule has 0 spiro atoms. The van der Waals surface area contributed by atoms with Crippen LogP contribution in [0.1, 0.15) is 25.7 Å². The van der Waals surface area contributed by atoms with Crippen molar-refractivity contribution in [3.05, 3.63) is 0 Å². The first-order chi connectivity index (χ1) is 6.72. The van der Waals surface area contributed by atoms with Crippen LogP contribution in [0.3, 0.4) is 0 Å². The lowest BCUT2D eigenvalue weighted by molar-refractivity contribution is -0.502. The first kappa shape index (κ1) is 10.9. The molecule has 0 aromatic rings. The monoisotopic (exact) mass is 204 g/mol. The van der Waals surface area contributed by atoms with Crippen LogP contribution in [0, 0.1) is 5.92 Å². The molecule has 6 heteroatoms. The van der Waals surface area contributed by atoms with Gasteiger partial charge in [0.25, 0.3) is 0 Å². The van der Waals surface area contributed by atoms with E-state index in [4.69, 9.17) is 5.11 Å².